The second kappa shape index (κ2) is 8.34. The Morgan fingerprint density at radius 2 is 2.00 bits per heavy atom. The Hall–Kier alpha value is -2.07. The molecule has 0 amide bonds. The van der Waals surface area contributed by atoms with Gasteiger partial charge in [-0.3, -0.25) is 4.99 Å². The first-order valence-electron chi connectivity index (χ1n) is 9.57. The van der Waals surface area contributed by atoms with Crippen LogP contribution in [-0.4, -0.2) is 29.8 Å². The highest BCUT2D eigenvalue weighted by atomic mass is 14.9. The van der Waals surface area contributed by atoms with Gasteiger partial charge in [0.05, 0.1) is 6.04 Å². The maximum Gasteiger partial charge on any atom is 0.0502 e. The zero-order valence-electron chi connectivity index (χ0n) is 15.4. The lowest BCUT2D eigenvalue weighted by Crippen LogP contribution is -2.33. The molecule has 0 spiro atoms. The van der Waals surface area contributed by atoms with Crippen molar-refractivity contribution in [2.24, 2.45) is 10.7 Å². The highest BCUT2D eigenvalue weighted by molar-refractivity contribution is 6.09. The standard InChI is InChI=1S/C21H30N4/c1-3-6-15(7-4-2)25-20-11-12-23-14-18(20)21(22)17-8-5-9-19-16(17)10-13-24-19/h5,8-10,13,15,23-24H,3-4,6-7,11-12,14,22H2,1-2H3. The van der Waals surface area contributed by atoms with E-state index in [2.05, 4.69) is 48.4 Å². The molecular formula is C21H30N4. The number of piperidine rings is 1. The zero-order chi connectivity index (χ0) is 17.6. The molecule has 4 nitrogen and oxygen atoms in total. The van der Waals surface area contributed by atoms with Crippen LogP contribution in [0.1, 0.15) is 51.5 Å². The van der Waals surface area contributed by atoms with Gasteiger partial charge in [0.25, 0.3) is 0 Å². The minimum absolute atomic E-state index is 0.425. The van der Waals surface area contributed by atoms with Crippen molar-refractivity contribution in [3.05, 3.63) is 41.6 Å². The monoisotopic (exact) mass is 338 g/mol. The van der Waals surface area contributed by atoms with Crippen LogP contribution in [0.5, 0.6) is 0 Å². The highest BCUT2D eigenvalue weighted by Gasteiger charge is 2.19. The molecule has 1 aliphatic rings. The second-order valence-electron chi connectivity index (χ2n) is 6.87. The van der Waals surface area contributed by atoms with Crippen molar-refractivity contribution < 1.29 is 0 Å². The van der Waals surface area contributed by atoms with Crippen LogP contribution in [0, 0.1) is 0 Å². The van der Waals surface area contributed by atoms with Crippen molar-refractivity contribution in [1.29, 1.82) is 0 Å². The smallest absolute Gasteiger partial charge is 0.0502 e. The van der Waals surface area contributed by atoms with E-state index in [1.54, 1.807) is 0 Å². The van der Waals surface area contributed by atoms with Gasteiger partial charge in [0.1, 0.15) is 0 Å². The fraction of sp³-hybridized carbons (Fsp3) is 0.476. The van der Waals surface area contributed by atoms with Crippen molar-refractivity contribution in [3.8, 4) is 0 Å². The largest absolute Gasteiger partial charge is 0.398 e. The normalized spacial score (nSPS) is 19.1. The molecule has 1 fully saturated rings. The molecule has 1 aromatic carbocycles. The van der Waals surface area contributed by atoms with E-state index < -0.39 is 0 Å². The molecule has 1 saturated heterocycles. The lowest BCUT2D eigenvalue weighted by atomic mass is 9.95. The van der Waals surface area contributed by atoms with Crippen LogP contribution in [0.15, 0.2) is 41.0 Å². The topological polar surface area (TPSA) is 66.2 Å². The number of aliphatic imine (C=N–C) groups is 1. The van der Waals surface area contributed by atoms with Gasteiger partial charge in [-0.05, 0) is 25.0 Å². The van der Waals surface area contributed by atoms with Crippen LogP contribution in [0.3, 0.4) is 0 Å². The molecule has 1 aromatic heterocycles. The number of nitrogens with zero attached hydrogens (tertiary/aromatic N) is 1. The number of nitrogens with one attached hydrogen (secondary N) is 2. The van der Waals surface area contributed by atoms with Crippen molar-refractivity contribution in [2.75, 3.05) is 13.1 Å². The van der Waals surface area contributed by atoms with Gasteiger partial charge in [-0.2, -0.15) is 0 Å². The number of fused-ring (bicyclic) bond motifs is 1. The summed E-state index contributed by atoms with van der Waals surface area (Å²) in [5, 5.41) is 4.65. The third-order valence-corrected chi connectivity index (χ3v) is 4.98. The molecule has 3 rings (SSSR count). The van der Waals surface area contributed by atoms with Crippen molar-refractivity contribution in [3.63, 3.8) is 0 Å². The van der Waals surface area contributed by atoms with E-state index >= 15 is 0 Å². The van der Waals surface area contributed by atoms with Gasteiger partial charge in [-0.1, -0.05) is 38.8 Å². The van der Waals surface area contributed by atoms with E-state index in [1.807, 2.05) is 6.20 Å². The van der Waals surface area contributed by atoms with Crippen LogP contribution in [0.4, 0.5) is 0 Å². The summed E-state index contributed by atoms with van der Waals surface area (Å²) in [6.45, 7) is 6.26. The molecule has 2 heterocycles. The van der Waals surface area contributed by atoms with E-state index in [4.69, 9.17) is 10.7 Å². The van der Waals surface area contributed by atoms with E-state index in [-0.39, 0.29) is 0 Å². The van der Waals surface area contributed by atoms with Gasteiger partial charge in [0, 0.05) is 59.2 Å². The Morgan fingerprint density at radius 1 is 1.20 bits per heavy atom. The Kier molecular flexibility index (Phi) is 5.92. The number of benzene rings is 1. The minimum Gasteiger partial charge on any atom is -0.398 e. The lowest BCUT2D eigenvalue weighted by molar-refractivity contribution is 0.553. The summed E-state index contributed by atoms with van der Waals surface area (Å²) in [4.78, 5) is 8.41. The molecule has 25 heavy (non-hydrogen) atoms. The molecule has 0 bridgehead atoms. The van der Waals surface area contributed by atoms with Gasteiger partial charge >= 0.3 is 0 Å². The van der Waals surface area contributed by atoms with Crippen LogP contribution in [-0.2, 0) is 0 Å². The molecule has 0 atom stereocenters. The fourth-order valence-corrected chi connectivity index (χ4v) is 3.71. The van der Waals surface area contributed by atoms with E-state index in [0.717, 1.165) is 49.1 Å². The zero-order valence-corrected chi connectivity index (χ0v) is 15.4. The maximum atomic E-state index is 6.65. The van der Waals surface area contributed by atoms with Crippen LogP contribution < -0.4 is 11.1 Å². The first-order valence-corrected chi connectivity index (χ1v) is 9.57. The van der Waals surface area contributed by atoms with Crippen molar-refractivity contribution in [2.45, 2.75) is 52.0 Å². The van der Waals surface area contributed by atoms with Gasteiger partial charge in [-0.25, -0.2) is 0 Å². The SMILES string of the molecule is CCCC(CCC)N=C1CCNCC1=C(N)c1cccc2[nH]ccc12. The number of H-pyrrole nitrogens is 1. The third-order valence-electron chi connectivity index (χ3n) is 4.98. The molecular weight excluding hydrogens is 308 g/mol. The number of hydrogen-bond acceptors (Lipinski definition) is 3. The first kappa shape index (κ1) is 17.7. The van der Waals surface area contributed by atoms with Gasteiger partial charge in [-0.15, -0.1) is 0 Å². The molecule has 4 heteroatoms. The van der Waals surface area contributed by atoms with E-state index in [9.17, 15) is 0 Å². The molecule has 0 unspecified atom stereocenters. The number of hydrogen-bond donors (Lipinski definition) is 3. The molecule has 134 valence electrons. The molecule has 0 saturated carbocycles. The van der Waals surface area contributed by atoms with E-state index in [0.29, 0.717) is 6.04 Å². The molecule has 2 aromatic rings. The molecule has 1 aliphatic heterocycles. The first-order chi connectivity index (χ1) is 12.2. The minimum atomic E-state index is 0.425. The summed E-state index contributed by atoms with van der Waals surface area (Å²) in [7, 11) is 0. The average molecular weight is 338 g/mol. The summed E-state index contributed by atoms with van der Waals surface area (Å²) in [6, 6.07) is 8.78. The number of rotatable bonds is 6. The third kappa shape index (κ3) is 3.96. The number of aromatic nitrogens is 1. The molecule has 0 aliphatic carbocycles. The molecule has 0 radical (unpaired) electrons. The fourth-order valence-electron chi connectivity index (χ4n) is 3.71. The Bertz CT molecular complexity index is 763. The summed E-state index contributed by atoms with van der Waals surface area (Å²) in [5.74, 6) is 0. The molecule has 4 N–H and O–H groups in total. The van der Waals surface area contributed by atoms with Gasteiger partial charge in [0.2, 0.25) is 0 Å². The summed E-state index contributed by atoms with van der Waals surface area (Å²) >= 11 is 0. The summed E-state index contributed by atoms with van der Waals surface area (Å²) < 4.78 is 0. The quantitative estimate of drug-likeness (QED) is 0.737. The number of nitrogens with two attached hydrogens (primary N) is 1. The number of aromatic amines is 1. The predicted octanol–water partition coefficient (Wildman–Crippen LogP) is 4.24. The van der Waals surface area contributed by atoms with Gasteiger partial charge < -0.3 is 16.0 Å². The predicted molar refractivity (Wildman–Crippen MR) is 108 cm³/mol. The van der Waals surface area contributed by atoms with Crippen LogP contribution in [0.25, 0.3) is 16.6 Å². The van der Waals surface area contributed by atoms with Crippen molar-refractivity contribution >= 4 is 22.3 Å². The Morgan fingerprint density at radius 3 is 2.76 bits per heavy atom. The van der Waals surface area contributed by atoms with Crippen LogP contribution >= 0.6 is 0 Å². The lowest BCUT2D eigenvalue weighted by Gasteiger charge is -2.23. The van der Waals surface area contributed by atoms with E-state index in [1.165, 1.54) is 29.5 Å². The second-order valence-corrected chi connectivity index (χ2v) is 6.87. The summed E-state index contributed by atoms with van der Waals surface area (Å²) in [5.41, 5.74) is 12.1. The highest BCUT2D eigenvalue weighted by Crippen LogP contribution is 2.26. The Labute approximate surface area is 150 Å². The maximum absolute atomic E-state index is 6.65. The van der Waals surface area contributed by atoms with Crippen molar-refractivity contribution in [1.82, 2.24) is 10.3 Å². The van der Waals surface area contributed by atoms with Crippen LogP contribution in [0.2, 0.25) is 0 Å². The van der Waals surface area contributed by atoms with Gasteiger partial charge in [0.15, 0.2) is 0 Å². The average Bonchev–Trinajstić information content (AvgIpc) is 3.11. The Balaban J connectivity index is 2.01. The summed E-state index contributed by atoms with van der Waals surface area (Å²) in [6.07, 6.45) is 7.60.